The molecule has 0 amide bonds. The van der Waals surface area contributed by atoms with Crippen molar-refractivity contribution in [1.29, 1.82) is 0 Å². The maximum Gasteiger partial charge on any atom is 0.186 e. The van der Waals surface area contributed by atoms with Crippen LogP contribution < -0.4 is 5.73 Å². The molecule has 2 aromatic rings. The van der Waals surface area contributed by atoms with Crippen molar-refractivity contribution in [2.45, 2.75) is 25.5 Å². The number of nitrogens with zero attached hydrogens (tertiary/aromatic N) is 2. The number of halogens is 1. The number of rotatable bonds is 5. The average molecular weight is 312 g/mol. The molecule has 0 saturated carbocycles. The Hall–Kier alpha value is -1.17. The third-order valence-corrected chi connectivity index (χ3v) is 3.60. The molecule has 0 aliphatic rings. The van der Waals surface area contributed by atoms with Gasteiger partial charge in [-0.1, -0.05) is 17.8 Å². The highest BCUT2D eigenvalue weighted by Gasteiger charge is 2.03. The second-order valence-corrected chi connectivity index (χ2v) is 5.51. The van der Waals surface area contributed by atoms with Crippen LogP contribution in [-0.4, -0.2) is 21.6 Å². The van der Waals surface area contributed by atoms with E-state index in [-0.39, 0.29) is 17.5 Å². The maximum absolute atomic E-state index is 11.0. The van der Waals surface area contributed by atoms with Gasteiger partial charge in [-0.3, -0.25) is 9.78 Å². The van der Waals surface area contributed by atoms with E-state index in [0.717, 1.165) is 29.6 Å². The number of benzene rings is 1. The van der Waals surface area contributed by atoms with E-state index in [1.807, 2.05) is 6.07 Å². The van der Waals surface area contributed by atoms with Crippen LogP contribution in [0.15, 0.2) is 24.4 Å². The lowest BCUT2D eigenvalue weighted by atomic mass is 10.1. The molecule has 0 aliphatic carbocycles. The Bertz CT molecular complexity index is 592. The summed E-state index contributed by atoms with van der Waals surface area (Å²) in [6, 6.07) is 6.10. The maximum atomic E-state index is 11.0. The van der Waals surface area contributed by atoms with Crippen molar-refractivity contribution in [1.82, 2.24) is 9.97 Å². The van der Waals surface area contributed by atoms with Gasteiger partial charge >= 0.3 is 0 Å². The first kappa shape index (κ1) is 16.9. The Labute approximate surface area is 129 Å². The molecule has 1 heterocycles. The van der Waals surface area contributed by atoms with Gasteiger partial charge in [-0.25, -0.2) is 4.98 Å². The summed E-state index contributed by atoms with van der Waals surface area (Å²) in [7, 11) is 0. The van der Waals surface area contributed by atoms with E-state index in [4.69, 9.17) is 5.73 Å². The Morgan fingerprint density at radius 1 is 1.35 bits per heavy atom. The van der Waals surface area contributed by atoms with Crippen LogP contribution in [0.5, 0.6) is 0 Å². The van der Waals surface area contributed by atoms with Crippen LogP contribution in [0, 0.1) is 0 Å². The molecule has 0 radical (unpaired) electrons. The van der Waals surface area contributed by atoms with Crippen LogP contribution in [0.2, 0.25) is 0 Å². The van der Waals surface area contributed by atoms with Crippen LogP contribution in [0.25, 0.3) is 11.0 Å². The first-order chi connectivity index (χ1) is 9.19. The molecular weight excluding hydrogens is 294 g/mol. The van der Waals surface area contributed by atoms with Crippen LogP contribution in [0.1, 0.15) is 24.6 Å². The highest BCUT2D eigenvalue weighted by molar-refractivity contribution is 8.12. The van der Waals surface area contributed by atoms with Crippen LogP contribution in [-0.2, 0) is 17.0 Å². The Morgan fingerprint density at radius 3 is 2.85 bits per heavy atom. The Balaban J connectivity index is 0.00000200. The van der Waals surface area contributed by atoms with Gasteiger partial charge in [0.2, 0.25) is 0 Å². The van der Waals surface area contributed by atoms with E-state index < -0.39 is 0 Å². The molecule has 0 fully saturated rings. The summed E-state index contributed by atoms with van der Waals surface area (Å²) in [5.74, 6) is 0.575. The lowest BCUT2D eigenvalue weighted by Crippen LogP contribution is -2.00. The van der Waals surface area contributed by atoms with Gasteiger partial charge < -0.3 is 5.73 Å². The topological polar surface area (TPSA) is 68.9 Å². The van der Waals surface area contributed by atoms with Crippen molar-refractivity contribution in [2.75, 3.05) is 6.54 Å². The molecule has 0 unspecified atom stereocenters. The Kier molecular flexibility index (Phi) is 6.91. The second-order valence-electron chi connectivity index (χ2n) is 4.36. The largest absolute Gasteiger partial charge is 0.330 e. The summed E-state index contributed by atoms with van der Waals surface area (Å²) in [5.41, 5.74) is 9.35. The molecule has 2 rings (SSSR count). The van der Waals surface area contributed by atoms with Gasteiger partial charge in [-0.2, -0.15) is 0 Å². The van der Waals surface area contributed by atoms with E-state index in [2.05, 4.69) is 22.1 Å². The summed E-state index contributed by atoms with van der Waals surface area (Å²) in [5, 5.41) is 0.0959. The van der Waals surface area contributed by atoms with Crippen LogP contribution in [0.3, 0.4) is 0 Å². The number of thioether (sulfide) groups is 1. The third kappa shape index (κ3) is 4.74. The normalized spacial score (nSPS) is 10.3. The zero-order valence-corrected chi connectivity index (χ0v) is 13.0. The van der Waals surface area contributed by atoms with Gasteiger partial charge in [-0.05, 0) is 37.1 Å². The minimum absolute atomic E-state index is 0. The standard InChI is InChI=1S/C14H17N3OS.ClH/c1-10(18)19-9-12-8-16-13-5-4-11(3-2-6-15)7-14(13)17-12;/h4-5,7-8H,2-3,6,9,15H2,1H3;1H. The molecule has 6 heteroatoms. The van der Waals surface area contributed by atoms with Crippen LogP contribution in [0.4, 0.5) is 0 Å². The fourth-order valence-electron chi connectivity index (χ4n) is 1.80. The number of nitrogens with two attached hydrogens (primary N) is 1. The SMILES string of the molecule is CC(=O)SCc1cnc2ccc(CCCN)cc2n1.Cl. The fourth-order valence-corrected chi connectivity index (χ4v) is 2.29. The average Bonchev–Trinajstić information content (AvgIpc) is 2.42. The number of carbonyl (C=O) groups is 1. The quantitative estimate of drug-likeness (QED) is 0.919. The molecule has 2 N–H and O–H groups in total. The number of hydrogen-bond donors (Lipinski definition) is 1. The smallest absolute Gasteiger partial charge is 0.186 e. The molecule has 108 valence electrons. The second kappa shape index (κ2) is 8.19. The molecule has 0 saturated heterocycles. The van der Waals surface area contributed by atoms with Gasteiger partial charge in [0, 0.05) is 18.9 Å². The minimum Gasteiger partial charge on any atom is -0.330 e. The third-order valence-electron chi connectivity index (χ3n) is 2.75. The van der Waals surface area contributed by atoms with E-state index in [1.165, 1.54) is 17.3 Å². The van der Waals surface area contributed by atoms with E-state index in [9.17, 15) is 4.79 Å². The van der Waals surface area contributed by atoms with Crippen molar-refractivity contribution < 1.29 is 4.79 Å². The van der Waals surface area contributed by atoms with Gasteiger partial charge in [0.05, 0.1) is 16.7 Å². The number of aryl methyl sites for hydroxylation is 1. The zero-order chi connectivity index (χ0) is 13.7. The van der Waals surface area contributed by atoms with Crippen molar-refractivity contribution in [3.8, 4) is 0 Å². The molecule has 20 heavy (non-hydrogen) atoms. The minimum atomic E-state index is 0. The van der Waals surface area contributed by atoms with E-state index in [1.54, 1.807) is 13.1 Å². The summed E-state index contributed by atoms with van der Waals surface area (Å²) < 4.78 is 0. The van der Waals surface area contributed by atoms with Crippen LogP contribution >= 0.6 is 24.2 Å². The molecule has 4 nitrogen and oxygen atoms in total. The molecule has 1 aromatic carbocycles. The number of aromatic nitrogens is 2. The predicted octanol–water partition coefficient (Wildman–Crippen LogP) is 2.72. The lowest BCUT2D eigenvalue weighted by Gasteiger charge is -2.04. The number of carbonyl (C=O) groups excluding carboxylic acids is 1. The van der Waals surface area contributed by atoms with Crippen molar-refractivity contribution in [3.63, 3.8) is 0 Å². The zero-order valence-electron chi connectivity index (χ0n) is 11.3. The molecule has 0 atom stereocenters. The molecule has 0 spiro atoms. The van der Waals surface area contributed by atoms with Crippen molar-refractivity contribution in [2.24, 2.45) is 5.73 Å². The monoisotopic (exact) mass is 311 g/mol. The summed E-state index contributed by atoms with van der Waals surface area (Å²) in [4.78, 5) is 19.9. The summed E-state index contributed by atoms with van der Waals surface area (Å²) in [6.45, 7) is 2.25. The van der Waals surface area contributed by atoms with Gasteiger partial charge in [0.1, 0.15) is 0 Å². The highest BCUT2D eigenvalue weighted by atomic mass is 35.5. The fraction of sp³-hybridized carbons (Fsp3) is 0.357. The van der Waals surface area contributed by atoms with E-state index in [0.29, 0.717) is 12.3 Å². The van der Waals surface area contributed by atoms with Gasteiger partial charge in [0.15, 0.2) is 5.12 Å². The summed E-state index contributed by atoms with van der Waals surface area (Å²) in [6.07, 6.45) is 3.66. The number of fused-ring (bicyclic) bond motifs is 1. The Morgan fingerprint density at radius 2 is 2.15 bits per heavy atom. The lowest BCUT2D eigenvalue weighted by molar-refractivity contribution is -0.109. The number of hydrogen-bond acceptors (Lipinski definition) is 5. The van der Waals surface area contributed by atoms with E-state index >= 15 is 0 Å². The van der Waals surface area contributed by atoms with Crippen molar-refractivity contribution in [3.05, 3.63) is 35.7 Å². The van der Waals surface area contributed by atoms with Gasteiger partial charge in [-0.15, -0.1) is 12.4 Å². The van der Waals surface area contributed by atoms with Gasteiger partial charge in [0.25, 0.3) is 0 Å². The first-order valence-electron chi connectivity index (χ1n) is 6.27. The van der Waals surface area contributed by atoms with Crippen molar-refractivity contribution >= 4 is 40.3 Å². The first-order valence-corrected chi connectivity index (χ1v) is 7.25. The highest BCUT2D eigenvalue weighted by Crippen LogP contribution is 2.16. The molecule has 0 aliphatic heterocycles. The molecule has 1 aromatic heterocycles. The molecular formula is C14H18ClN3OS. The predicted molar refractivity (Wildman–Crippen MR) is 86.1 cm³/mol. The summed E-state index contributed by atoms with van der Waals surface area (Å²) >= 11 is 1.25. The molecule has 0 bridgehead atoms.